The molecule has 0 spiro atoms. The second kappa shape index (κ2) is 8.53. The molecule has 1 aromatic heterocycles. The molecule has 0 unspecified atom stereocenters. The van der Waals surface area contributed by atoms with Crippen molar-refractivity contribution in [2.45, 2.75) is 12.8 Å². The molecular weight excluding hydrogens is 162 g/mol. The van der Waals surface area contributed by atoms with Gasteiger partial charge in [-0.25, -0.2) is 0 Å². The number of hydrogen-bond donors (Lipinski definition) is 1. The number of allylic oxidation sites excluding steroid dienone is 2. The average molecular weight is 177 g/mol. The SMILES string of the molecule is C=CCC(=O)CC=C.c1cc[nH]c1. The molecule has 0 radical (unpaired) electrons. The predicted molar refractivity (Wildman–Crippen MR) is 55.4 cm³/mol. The van der Waals surface area contributed by atoms with Crippen LogP contribution in [0.4, 0.5) is 0 Å². The molecule has 0 saturated heterocycles. The van der Waals surface area contributed by atoms with Gasteiger partial charge in [-0.1, -0.05) is 12.2 Å². The van der Waals surface area contributed by atoms with E-state index in [-0.39, 0.29) is 5.78 Å². The fourth-order valence-corrected chi connectivity index (χ4v) is 0.683. The number of carbonyl (C=O) groups excluding carboxylic acids is 1. The highest BCUT2D eigenvalue weighted by molar-refractivity contribution is 5.80. The Morgan fingerprint density at radius 3 is 1.85 bits per heavy atom. The first-order valence-corrected chi connectivity index (χ1v) is 4.12. The number of carbonyl (C=O) groups is 1. The Morgan fingerprint density at radius 2 is 1.62 bits per heavy atom. The summed E-state index contributed by atoms with van der Waals surface area (Å²) < 4.78 is 0. The summed E-state index contributed by atoms with van der Waals surface area (Å²) in [6.07, 6.45) is 7.88. The van der Waals surface area contributed by atoms with Gasteiger partial charge in [0.05, 0.1) is 0 Å². The molecule has 13 heavy (non-hydrogen) atoms. The molecule has 0 fully saturated rings. The van der Waals surface area contributed by atoms with Crippen molar-refractivity contribution in [3.05, 3.63) is 49.8 Å². The van der Waals surface area contributed by atoms with E-state index in [0.717, 1.165) is 0 Å². The third-order valence-electron chi connectivity index (χ3n) is 1.24. The van der Waals surface area contributed by atoms with Crippen LogP contribution in [0.5, 0.6) is 0 Å². The Bertz CT molecular complexity index is 207. The van der Waals surface area contributed by atoms with Crippen LogP contribution in [0.2, 0.25) is 0 Å². The van der Waals surface area contributed by atoms with Gasteiger partial charge in [0.25, 0.3) is 0 Å². The number of aromatic amines is 1. The van der Waals surface area contributed by atoms with Crippen LogP contribution in [-0.4, -0.2) is 10.8 Å². The maximum Gasteiger partial charge on any atom is 0.140 e. The van der Waals surface area contributed by atoms with Gasteiger partial charge in [-0.2, -0.15) is 0 Å². The molecule has 1 heterocycles. The number of Topliss-reactive ketones (excluding diaryl/α,β-unsaturated/α-hetero) is 1. The highest BCUT2D eigenvalue weighted by atomic mass is 16.1. The molecule has 70 valence electrons. The molecule has 0 aliphatic rings. The lowest BCUT2D eigenvalue weighted by Gasteiger charge is -1.85. The van der Waals surface area contributed by atoms with Gasteiger partial charge in [-0.3, -0.25) is 4.79 Å². The maximum absolute atomic E-state index is 10.5. The minimum atomic E-state index is 0.176. The lowest BCUT2D eigenvalue weighted by Crippen LogP contribution is -1.90. The Kier molecular flexibility index (Phi) is 7.50. The molecule has 0 saturated carbocycles. The first-order valence-electron chi connectivity index (χ1n) is 4.12. The number of hydrogen-bond acceptors (Lipinski definition) is 1. The molecule has 1 rings (SSSR count). The monoisotopic (exact) mass is 177 g/mol. The summed E-state index contributed by atoms with van der Waals surface area (Å²) in [6.45, 7) is 6.86. The standard InChI is InChI=1S/C7H10O.C4H5N/c1-3-5-7(8)6-4-2;1-2-4-5-3-1/h3-4H,1-2,5-6H2;1-5H. The summed E-state index contributed by atoms with van der Waals surface area (Å²) in [5.74, 6) is 0.176. The number of nitrogens with one attached hydrogen (secondary N) is 1. The fraction of sp³-hybridized carbons (Fsp3) is 0.182. The molecule has 0 amide bonds. The zero-order chi connectivity index (χ0) is 9.94. The Hall–Kier alpha value is -1.57. The van der Waals surface area contributed by atoms with E-state index in [1.807, 2.05) is 24.5 Å². The highest BCUT2D eigenvalue weighted by Crippen LogP contribution is 1.89. The van der Waals surface area contributed by atoms with Crippen LogP contribution in [0.15, 0.2) is 49.8 Å². The summed E-state index contributed by atoms with van der Waals surface area (Å²) in [4.78, 5) is 13.4. The number of ketones is 1. The van der Waals surface area contributed by atoms with E-state index in [1.54, 1.807) is 12.2 Å². The quantitative estimate of drug-likeness (QED) is 0.705. The van der Waals surface area contributed by atoms with Crippen LogP contribution >= 0.6 is 0 Å². The summed E-state index contributed by atoms with van der Waals surface area (Å²) >= 11 is 0. The van der Waals surface area contributed by atoms with Gasteiger partial charge in [0, 0.05) is 25.2 Å². The third kappa shape index (κ3) is 8.34. The minimum Gasteiger partial charge on any atom is -0.368 e. The second-order valence-electron chi connectivity index (χ2n) is 2.41. The molecule has 1 N–H and O–H groups in total. The molecule has 0 bridgehead atoms. The van der Waals surface area contributed by atoms with Gasteiger partial charge in [-0.05, 0) is 12.1 Å². The van der Waals surface area contributed by atoms with Crippen LogP contribution in [0, 0.1) is 0 Å². The lowest BCUT2D eigenvalue weighted by molar-refractivity contribution is -0.117. The van der Waals surface area contributed by atoms with Crippen molar-refractivity contribution < 1.29 is 4.79 Å². The number of rotatable bonds is 4. The van der Waals surface area contributed by atoms with Crippen molar-refractivity contribution in [2.24, 2.45) is 0 Å². The van der Waals surface area contributed by atoms with Crippen LogP contribution in [0.1, 0.15) is 12.8 Å². The molecule has 0 aliphatic heterocycles. The zero-order valence-corrected chi connectivity index (χ0v) is 7.70. The summed E-state index contributed by atoms with van der Waals surface area (Å²) in [7, 11) is 0. The molecule has 0 aromatic carbocycles. The molecule has 0 aliphatic carbocycles. The van der Waals surface area contributed by atoms with E-state index in [0.29, 0.717) is 12.8 Å². The van der Waals surface area contributed by atoms with Crippen molar-refractivity contribution in [2.75, 3.05) is 0 Å². The first-order chi connectivity index (χ1) is 6.31. The van der Waals surface area contributed by atoms with Gasteiger partial charge in [0.15, 0.2) is 0 Å². The number of aromatic nitrogens is 1. The van der Waals surface area contributed by atoms with Gasteiger partial charge in [0.1, 0.15) is 5.78 Å². The largest absolute Gasteiger partial charge is 0.368 e. The topological polar surface area (TPSA) is 32.9 Å². The summed E-state index contributed by atoms with van der Waals surface area (Å²) in [5.41, 5.74) is 0. The molecule has 1 aromatic rings. The minimum absolute atomic E-state index is 0.176. The normalized spacial score (nSPS) is 8.00. The van der Waals surface area contributed by atoms with Gasteiger partial charge >= 0.3 is 0 Å². The molecule has 2 heteroatoms. The lowest BCUT2D eigenvalue weighted by atomic mass is 10.2. The molecule has 0 atom stereocenters. The number of H-pyrrole nitrogens is 1. The third-order valence-corrected chi connectivity index (χ3v) is 1.24. The van der Waals surface area contributed by atoms with Crippen molar-refractivity contribution in [3.63, 3.8) is 0 Å². The van der Waals surface area contributed by atoms with E-state index in [1.165, 1.54) is 0 Å². The Balaban J connectivity index is 0.000000243. The van der Waals surface area contributed by atoms with Gasteiger partial charge in [0.2, 0.25) is 0 Å². The summed E-state index contributed by atoms with van der Waals surface area (Å²) in [6, 6.07) is 3.89. The summed E-state index contributed by atoms with van der Waals surface area (Å²) in [5, 5.41) is 0. The second-order valence-corrected chi connectivity index (χ2v) is 2.41. The predicted octanol–water partition coefficient (Wildman–Crippen LogP) is 2.72. The van der Waals surface area contributed by atoms with Crippen molar-refractivity contribution in [1.82, 2.24) is 4.98 Å². The van der Waals surface area contributed by atoms with E-state index >= 15 is 0 Å². The fourth-order valence-electron chi connectivity index (χ4n) is 0.683. The Morgan fingerprint density at radius 1 is 1.15 bits per heavy atom. The van der Waals surface area contributed by atoms with E-state index in [2.05, 4.69) is 18.1 Å². The van der Waals surface area contributed by atoms with E-state index in [4.69, 9.17) is 0 Å². The zero-order valence-electron chi connectivity index (χ0n) is 7.70. The van der Waals surface area contributed by atoms with Gasteiger partial charge in [-0.15, -0.1) is 13.2 Å². The highest BCUT2D eigenvalue weighted by Gasteiger charge is 1.91. The van der Waals surface area contributed by atoms with Crippen molar-refractivity contribution in [3.8, 4) is 0 Å². The van der Waals surface area contributed by atoms with Crippen LogP contribution in [0.3, 0.4) is 0 Å². The van der Waals surface area contributed by atoms with Crippen LogP contribution in [-0.2, 0) is 4.79 Å². The average Bonchev–Trinajstić information content (AvgIpc) is 2.61. The van der Waals surface area contributed by atoms with Crippen molar-refractivity contribution >= 4 is 5.78 Å². The van der Waals surface area contributed by atoms with Crippen LogP contribution < -0.4 is 0 Å². The Labute approximate surface area is 79.0 Å². The maximum atomic E-state index is 10.5. The van der Waals surface area contributed by atoms with Crippen molar-refractivity contribution in [1.29, 1.82) is 0 Å². The first kappa shape index (κ1) is 11.4. The van der Waals surface area contributed by atoms with Crippen LogP contribution in [0.25, 0.3) is 0 Å². The molecular formula is C11H15NO. The molecule has 2 nitrogen and oxygen atoms in total. The van der Waals surface area contributed by atoms with E-state index in [9.17, 15) is 4.79 Å². The van der Waals surface area contributed by atoms with E-state index < -0.39 is 0 Å². The smallest absolute Gasteiger partial charge is 0.140 e. The van der Waals surface area contributed by atoms with Gasteiger partial charge < -0.3 is 4.98 Å².